The van der Waals surface area contributed by atoms with E-state index < -0.39 is 0 Å². The highest BCUT2D eigenvalue weighted by Gasteiger charge is 2.14. The van der Waals surface area contributed by atoms with E-state index >= 15 is 0 Å². The number of aliphatic imine (C=N–C) groups is 1. The number of hydrogen-bond donors (Lipinski definition) is 2. The van der Waals surface area contributed by atoms with Crippen molar-refractivity contribution in [2.45, 2.75) is 26.4 Å². The Labute approximate surface area is 113 Å². The zero-order valence-electron chi connectivity index (χ0n) is 11.2. The van der Waals surface area contributed by atoms with Crippen molar-refractivity contribution < 1.29 is 4.74 Å². The molecule has 0 amide bonds. The largest absolute Gasteiger partial charge is 0.383 e. The lowest BCUT2D eigenvalue weighted by atomic mass is 10.3. The van der Waals surface area contributed by atoms with Gasteiger partial charge in [0.25, 0.3) is 0 Å². The average molecular weight is 270 g/mol. The molecular weight excluding hydrogens is 248 g/mol. The van der Waals surface area contributed by atoms with Gasteiger partial charge in [0, 0.05) is 18.0 Å². The molecule has 0 bridgehead atoms. The first-order valence-corrected chi connectivity index (χ1v) is 6.86. The molecule has 18 heavy (non-hydrogen) atoms. The molecule has 3 N–H and O–H groups in total. The van der Waals surface area contributed by atoms with Gasteiger partial charge in [-0.15, -0.1) is 11.3 Å². The molecule has 1 aromatic heterocycles. The summed E-state index contributed by atoms with van der Waals surface area (Å²) in [5.74, 6) is 6.27. The molecule has 1 rings (SSSR count). The van der Waals surface area contributed by atoms with Crippen molar-refractivity contribution in [2.24, 2.45) is 10.8 Å². The van der Waals surface area contributed by atoms with Gasteiger partial charge in [-0.25, -0.2) is 10.8 Å². The molecule has 0 saturated carbocycles. The Balaban J connectivity index is 2.71. The van der Waals surface area contributed by atoms with Gasteiger partial charge in [-0.3, -0.25) is 5.43 Å². The van der Waals surface area contributed by atoms with Crippen molar-refractivity contribution in [1.82, 2.24) is 10.3 Å². The van der Waals surface area contributed by atoms with E-state index in [4.69, 9.17) is 10.6 Å². The van der Waals surface area contributed by atoms with Gasteiger partial charge < -0.3 is 9.64 Å². The van der Waals surface area contributed by atoms with Crippen LogP contribution in [0.5, 0.6) is 0 Å². The maximum atomic E-state index is 5.56. The maximum absolute atomic E-state index is 5.56. The quantitative estimate of drug-likeness (QED) is 0.270. The van der Waals surface area contributed by atoms with E-state index in [1.54, 1.807) is 18.4 Å². The van der Waals surface area contributed by atoms with E-state index in [1.807, 2.05) is 0 Å². The van der Waals surface area contributed by atoms with Crippen molar-refractivity contribution in [3.63, 3.8) is 0 Å². The standard InChI is InChI=1S/C12H22N4OS/c1-10(2)16(9-11-5-4-8-18-11)12(15-13)14-6-7-17-3/h4-5,8,10H,6-7,9,13H2,1-3H3,(H,14,15). The van der Waals surface area contributed by atoms with Crippen LogP contribution in [-0.4, -0.2) is 37.2 Å². The van der Waals surface area contributed by atoms with E-state index in [9.17, 15) is 0 Å². The van der Waals surface area contributed by atoms with Gasteiger partial charge in [0.05, 0.1) is 19.7 Å². The summed E-state index contributed by atoms with van der Waals surface area (Å²) < 4.78 is 4.99. The summed E-state index contributed by atoms with van der Waals surface area (Å²) in [4.78, 5) is 7.85. The number of nitrogens with one attached hydrogen (secondary N) is 1. The van der Waals surface area contributed by atoms with Crippen LogP contribution in [-0.2, 0) is 11.3 Å². The summed E-state index contributed by atoms with van der Waals surface area (Å²) in [5, 5.41) is 2.07. The van der Waals surface area contributed by atoms with Crippen LogP contribution in [0, 0.1) is 0 Å². The fourth-order valence-electron chi connectivity index (χ4n) is 1.53. The van der Waals surface area contributed by atoms with E-state index in [0.717, 1.165) is 6.54 Å². The third-order valence-corrected chi connectivity index (χ3v) is 3.35. The van der Waals surface area contributed by atoms with Gasteiger partial charge in [-0.05, 0) is 25.3 Å². The van der Waals surface area contributed by atoms with Gasteiger partial charge in [0.15, 0.2) is 0 Å². The smallest absolute Gasteiger partial charge is 0.209 e. The second-order valence-electron chi connectivity index (χ2n) is 4.14. The van der Waals surface area contributed by atoms with E-state index in [1.165, 1.54) is 4.88 Å². The van der Waals surface area contributed by atoms with E-state index in [-0.39, 0.29) is 0 Å². The normalized spacial score (nSPS) is 11.9. The highest BCUT2D eigenvalue weighted by molar-refractivity contribution is 7.09. The molecule has 0 radical (unpaired) electrons. The Morgan fingerprint density at radius 2 is 2.39 bits per heavy atom. The lowest BCUT2D eigenvalue weighted by Gasteiger charge is -2.29. The fraction of sp³-hybridized carbons (Fsp3) is 0.583. The average Bonchev–Trinajstić information content (AvgIpc) is 2.85. The monoisotopic (exact) mass is 270 g/mol. The lowest BCUT2D eigenvalue weighted by molar-refractivity contribution is 0.207. The van der Waals surface area contributed by atoms with Gasteiger partial charge in [-0.2, -0.15) is 0 Å². The number of hydrazine groups is 1. The second kappa shape index (κ2) is 8.07. The summed E-state index contributed by atoms with van der Waals surface area (Å²) in [5.41, 5.74) is 2.68. The summed E-state index contributed by atoms with van der Waals surface area (Å²) >= 11 is 1.73. The number of methoxy groups -OCH3 is 1. The molecule has 0 aliphatic rings. The number of thiophene rings is 1. The Kier molecular flexibility index (Phi) is 6.70. The van der Waals surface area contributed by atoms with Gasteiger partial charge >= 0.3 is 0 Å². The van der Waals surface area contributed by atoms with E-state index in [2.05, 4.69) is 46.7 Å². The number of ether oxygens (including phenoxy) is 1. The highest BCUT2D eigenvalue weighted by atomic mass is 32.1. The van der Waals surface area contributed by atoms with Gasteiger partial charge in [0.1, 0.15) is 0 Å². The molecule has 6 heteroatoms. The summed E-state index contributed by atoms with van der Waals surface area (Å²) in [7, 11) is 1.66. The molecule has 1 aromatic rings. The third-order valence-electron chi connectivity index (χ3n) is 2.49. The number of guanidine groups is 1. The first-order chi connectivity index (χ1) is 8.69. The first kappa shape index (κ1) is 14.9. The molecule has 102 valence electrons. The SMILES string of the molecule is COCCN=C(NN)N(Cc1cccs1)C(C)C. The van der Waals surface area contributed by atoms with Crippen LogP contribution in [0.25, 0.3) is 0 Å². The molecule has 0 fully saturated rings. The molecule has 5 nitrogen and oxygen atoms in total. The lowest BCUT2D eigenvalue weighted by Crippen LogP contribution is -2.47. The molecular formula is C12H22N4OS. The number of nitrogens with zero attached hydrogens (tertiary/aromatic N) is 2. The minimum absolute atomic E-state index is 0.324. The number of rotatable bonds is 6. The van der Waals surface area contributed by atoms with Crippen molar-refractivity contribution in [3.05, 3.63) is 22.4 Å². The Morgan fingerprint density at radius 1 is 1.61 bits per heavy atom. The molecule has 0 unspecified atom stereocenters. The molecule has 0 aliphatic heterocycles. The van der Waals surface area contributed by atoms with Crippen LogP contribution in [0.2, 0.25) is 0 Å². The first-order valence-electron chi connectivity index (χ1n) is 5.98. The second-order valence-corrected chi connectivity index (χ2v) is 5.18. The predicted molar refractivity (Wildman–Crippen MR) is 76.5 cm³/mol. The van der Waals surface area contributed by atoms with Crippen LogP contribution >= 0.6 is 11.3 Å². The number of nitrogens with two attached hydrogens (primary N) is 1. The van der Waals surface area contributed by atoms with Crippen molar-refractivity contribution in [2.75, 3.05) is 20.3 Å². The van der Waals surface area contributed by atoms with Crippen molar-refractivity contribution >= 4 is 17.3 Å². The maximum Gasteiger partial charge on any atom is 0.209 e. The van der Waals surface area contributed by atoms with Gasteiger partial charge in [-0.1, -0.05) is 6.07 Å². The minimum atomic E-state index is 0.324. The zero-order valence-corrected chi connectivity index (χ0v) is 12.0. The van der Waals surface area contributed by atoms with Crippen LogP contribution in [0.1, 0.15) is 18.7 Å². The minimum Gasteiger partial charge on any atom is -0.383 e. The topological polar surface area (TPSA) is 62.9 Å². The summed E-state index contributed by atoms with van der Waals surface area (Å²) in [6, 6.07) is 4.49. The number of hydrogen-bond acceptors (Lipinski definition) is 4. The predicted octanol–water partition coefficient (Wildman–Crippen LogP) is 1.42. The Hall–Kier alpha value is -1.11. The third kappa shape index (κ3) is 4.64. The molecule has 0 atom stereocenters. The molecule has 0 spiro atoms. The Bertz CT molecular complexity index is 351. The summed E-state index contributed by atoms with van der Waals surface area (Å²) in [6.07, 6.45) is 0. The molecule has 0 aromatic carbocycles. The summed E-state index contributed by atoms with van der Waals surface area (Å²) in [6.45, 7) is 6.25. The highest BCUT2D eigenvalue weighted by Crippen LogP contribution is 2.13. The van der Waals surface area contributed by atoms with Gasteiger partial charge in [0.2, 0.25) is 5.96 Å². The molecule has 0 aliphatic carbocycles. The zero-order chi connectivity index (χ0) is 13.4. The van der Waals surface area contributed by atoms with E-state index in [0.29, 0.717) is 25.2 Å². The van der Waals surface area contributed by atoms with Crippen LogP contribution in [0.15, 0.2) is 22.5 Å². The van der Waals surface area contributed by atoms with Crippen molar-refractivity contribution in [1.29, 1.82) is 0 Å². The van der Waals surface area contributed by atoms with Crippen LogP contribution in [0.4, 0.5) is 0 Å². The fourth-order valence-corrected chi connectivity index (χ4v) is 2.24. The van der Waals surface area contributed by atoms with Crippen LogP contribution < -0.4 is 11.3 Å². The molecule has 0 saturated heterocycles. The van der Waals surface area contributed by atoms with Crippen molar-refractivity contribution in [3.8, 4) is 0 Å². The Morgan fingerprint density at radius 3 is 2.89 bits per heavy atom. The van der Waals surface area contributed by atoms with Crippen LogP contribution in [0.3, 0.4) is 0 Å². The molecule has 1 heterocycles.